The van der Waals surface area contributed by atoms with Crippen LogP contribution in [0, 0.1) is 0 Å². The highest BCUT2D eigenvalue weighted by molar-refractivity contribution is 6.09. The molecule has 1 aromatic rings. The predicted molar refractivity (Wildman–Crippen MR) is 93.2 cm³/mol. The van der Waals surface area contributed by atoms with E-state index in [4.69, 9.17) is 0 Å². The lowest BCUT2D eigenvalue weighted by atomic mass is 9.92. The van der Waals surface area contributed by atoms with Crippen molar-refractivity contribution < 1.29 is 27.9 Å². The van der Waals surface area contributed by atoms with E-state index >= 15 is 0 Å². The Morgan fingerprint density at radius 3 is 2.48 bits per heavy atom. The first-order valence-electron chi connectivity index (χ1n) is 8.66. The standard InChI is InChI=1S/C18H23F2N3O4/c1-4-5-11(2)21-14(24)10-23-15(25)18(3,22-17(23)26)12-6-8-13(9-7-12)27-16(19)20/h6-9,11,16H,4-5,10H2,1-3H3,(H,21,24)(H,22,26)/t11-,18-/m1/s1. The molecule has 1 aliphatic heterocycles. The van der Waals surface area contributed by atoms with Crippen molar-refractivity contribution in [2.24, 2.45) is 0 Å². The molecular formula is C18H23F2N3O4. The molecule has 1 fully saturated rings. The van der Waals surface area contributed by atoms with E-state index < -0.39 is 30.0 Å². The first-order valence-corrected chi connectivity index (χ1v) is 8.66. The van der Waals surface area contributed by atoms with Gasteiger partial charge in [-0.2, -0.15) is 8.78 Å². The third-order valence-corrected chi connectivity index (χ3v) is 4.36. The largest absolute Gasteiger partial charge is 0.435 e. The number of amides is 4. The van der Waals surface area contributed by atoms with Crippen molar-refractivity contribution in [3.05, 3.63) is 29.8 Å². The molecule has 1 aromatic carbocycles. The highest BCUT2D eigenvalue weighted by Gasteiger charge is 2.49. The van der Waals surface area contributed by atoms with Crippen LogP contribution < -0.4 is 15.4 Å². The summed E-state index contributed by atoms with van der Waals surface area (Å²) in [4.78, 5) is 37.9. The molecule has 1 heterocycles. The van der Waals surface area contributed by atoms with Gasteiger partial charge in [-0.3, -0.25) is 14.5 Å². The van der Waals surface area contributed by atoms with Crippen LogP contribution in [0.3, 0.4) is 0 Å². The number of ether oxygens (including phenoxy) is 1. The molecular weight excluding hydrogens is 360 g/mol. The monoisotopic (exact) mass is 383 g/mol. The topological polar surface area (TPSA) is 87.7 Å². The first kappa shape index (κ1) is 20.6. The van der Waals surface area contributed by atoms with Crippen LogP contribution in [0.15, 0.2) is 24.3 Å². The van der Waals surface area contributed by atoms with Gasteiger partial charge in [0.2, 0.25) is 5.91 Å². The maximum absolute atomic E-state index is 12.8. The fourth-order valence-corrected chi connectivity index (χ4v) is 2.98. The zero-order valence-corrected chi connectivity index (χ0v) is 15.4. The second-order valence-corrected chi connectivity index (χ2v) is 6.61. The fraction of sp³-hybridized carbons (Fsp3) is 0.500. The number of rotatable bonds is 8. The predicted octanol–water partition coefficient (Wildman–Crippen LogP) is 2.36. The highest BCUT2D eigenvalue weighted by Crippen LogP contribution is 2.30. The van der Waals surface area contributed by atoms with Crippen LogP contribution in [0.4, 0.5) is 13.6 Å². The number of benzene rings is 1. The number of urea groups is 1. The zero-order chi connectivity index (χ0) is 20.2. The van der Waals surface area contributed by atoms with Gasteiger partial charge in [-0.25, -0.2) is 4.79 Å². The number of alkyl halides is 2. The van der Waals surface area contributed by atoms with Crippen molar-refractivity contribution in [3.63, 3.8) is 0 Å². The van der Waals surface area contributed by atoms with Crippen LogP contribution in [-0.4, -0.2) is 41.9 Å². The molecule has 2 rings (SSSR count). The van der Waals surface area contributed by atoms with Gasteiger partial charge < -0.3 is 15.4 Å². The summed E-state index contributed by atoms with van der Waals surface area (Å²) in [7, 11) is 0. The van der Waals surface area contributed by atoms with E-state index in [1.165, 1.54) is 31.2 Å². The maximum Gasteiger partial charge on any atom is 0.387 e. The molecule has 2 N–H and O–H groups in total. The Morgan fingerprint density at radius 1 is 1.30 bits per heavy atom. The minimum absolute atomic E-state index is 0.0583. The SMILES string of the molecule is CCC[C@@H](C)NC(=O)CN1C(=O)N[C@](C)(c2ccc(OC(F)F)cc2)C1=O. The van der Waals surface area contributed by atoms with Crippen LogP contribution in [0.2, 0.25) is 0 Å². The fourth-order valence-electron chi connectivity index (χ4n) is 2.98. The molecule has 7 nitrogen and oxygen atoms in total. The van der Waals surface area contributed by atoms with E-state index in [1.807, 2.05) is 13.8 Å². The zero-order valence-electron chi connectivity index (χ0n) is 15.4. The van der Waals surface area contributed by atoms with E-state index in [9.17, 15) is 23.2 Å². The summed E-state index contributed by atoms with van der Waals surface area (Å²) in [5.74, 6) is -1.08. The minimum Gasteiger partial charge on any atom is -0.435 e. The van der Waals surface area contributed by atoms with Crippen molar-refractivity contribution in [1.82, 2.24) is 15.5 Å². The van der Waals surface area contributed by atoms with Crippen LogP contribution in [-0.2, 0) is 15.1 Å². The molecule has 1 saturated heterocycles. The summed E-state index contributed by atoms with van der Waals surface area (Å²) < 4.78 is 28.8. The number of carbonyl (C=O) groups is 3. The van der Waals surface area contributed by atoms with Crippen LogP contribution in [0.1, 0.15) is 39.2 Å². The second kappa shape index (κ2) is 8.32. The van der Waals surface area contributed by atoms with Crippen molar-refractivity contribution >= 4 is 17.8 Å². The Labute approximate surface area is 156 Å². The number of nitrogens with one attached hydrogen (secondary N) is 2. The maximum atomic E-state index is 12.8. The van der Waals surface area contributed by atoms with Gasteiger partial charge in [0, 0.05) is 6.04 Å². The van der Waals surface area contributed by atoms with E-state index in [0.29, 0.717) is 5.56 Å². The summed E-state index contributed by atoms with van der Waals surface area (Å²) in [6, 6.07) is 4.67. The van der Waals surface area contributed by atoms with Gasteiger partial charge in [-0.05, 0) is 38.0 Å². The van der Waals surface area contributed by atoms with Crippen LogP contribution >= 0.6 is 0 Å². The summed E-state index contributed by atoms with van der Waals surface area (Å²) in [5, 5.41) is 5.30. The normalized spacial score (nSPS) is 20.6. The number of halogens is 2. The number of nitrogens with zero attached hydrogens (tertiary/aromatic N) is 1. The van der Waals surface area contributed by atoms with Gasteiger partial charge in [0.1, 0.15) is 17.8 Å². The third kappa shape index (κ3) is 4.72. The quantitative estimate of drug-likeness (QED) is 0.675. The van der Waals surface area contributed by atoms with Crippen molar-refractivity contribution in [3.8, 4) is 5.75 Å². The summed E-state index contributed by atoms with van der Waals surface area (Å²) in [5.41, 5.74) is -1.000. The molecule has 0 aliphatic carbocycles. The van der Waals surface area contributed by atoms with E-state index in [1.54, 1.807) is 0 Å². The average molecular weight is 383 g/mol. The highest BCUT2D eigenvalue weighted by atomic mass is 19.3. The Kier molecular flexibility index (Phi) is 6.35. The Bertz CT molecular complexity index is 711. The van der Waals surface area contributed by atoms with Gasteiger partial charge in [0.15, 0.2) is 0 Å². The number of hydrogen-bond acceptors (Lipinski definition) is 4. The molecule has 0 radical (unpaired) electrons. The molecule has 0 saturated carbocycles. The lowest BCUT2D eigenvalue weighted by molar-refractivity contribution is -0.135. The Hall–Kier alpha value is -2.71. The number of carbonyl (C=O) groups excluding carboxylic acids is 3. The van der Waals surface area contributed by atoms with Gasteiger partial charge in [0.05, 0.1) is 0 Å². The summed E-state index contributed by atoms with van der Waals surface area (Å²) >= 11 is 0. The number of imide groups is 1. The summed E-state index contributed by atoms with van der Waals surface area (Å²) in [6.07, 6.45) is 1.69. The van der Waals surface area contributed by atoms with Crippen molar-refractivity contribution in [2.75, 3.05) is 6.54 Å². The molecule has 0 unspecified atom stereocenters. The molecule has 9 heteroatoms. The lowest BCUT2D eigenvalue weighted by Crippen LogP contribution is -2.44. The van der Waals surface area contributed by atoms with Gasteiger partial charge in [-0.15, -0.1) is 0 Å². The molecule has 4 amide bonds. The first-order chi connectivity index (χ1) is 12.7. The Balaban J connectivity index is 2.10. The molecule has 0 aromatic heterocycles. The molecule has 0 bridgehead atoms. The molecule has 27 heavy (non-hydrogen) atoms. The van der Waals surface area contributed by atoms with Crippen molar-refractivity contribution in [2.45, 2.75) is 51.8 Å². The van der Waals surface area contributed by atoms with E-state index in [-0.39, 0.29) is 18.3 Å². The van der Waals surface area contributed by atoms with Gasteiger partial charge >= 0.3 is 12.6 Å². The van der Waals surface area contributed by atoms with Gasteiger partial charge in [-0.1, -0.05) is 25.5 Å². The molecule has 2 atom stereocenters. The van der Waals surface area contributed by atoms with Crippen LogP contribution in [0.25, 0.3) is 0 Å². The molecule has 0 spiro atoms. The smallest absolute Gasteiger partial charge is 0.387 e. The van der Waals surface area contributed by atoms with Crippen molar-refractivity contribution in [1.29, 1.82) is 0 Å². The minimum atomic E-state index is -2.96. The number of hydrogen-bond donors (Lipinski definition) is 2. The second-order valence-electron chi connectivity index (χ2n) is 6.61. The third-order valence-electron chi connectivity index (χ3n) is 4.36. The lowest BCUT2D eigenvalue weighted by Gasteiger charge is -2.22. The van der Waals surface area contributed by atoms with Crippen LogP contribution in [0.5, 0.6) is 5.75 Å². The Morgan fingerprint density at radius 2 is 1.93 bits per heavy atom. The van der Waals surface area contributed by atoms with Gasteiger partial charge in [0.25, 0.3) is 5.91 Å². The molecule has 1 aliphatic rings. The summed E-state index contributed by atoms with van der Waals surface area (Å²) in [6.45, 7) is 1.99. The molecule has 148 valence electrons. The van der Waals surface area contributed by atoms with E-state index in [0.717, 1.165) is 17.7 Å². The average Bonchev–Trinajstić information content (AvgIpc) is 2.79. The van der Waals surface area contributed by atoms with E-state index in [2.05, 4.69) is 15.4 Å².